The molecule has 1 fully saturated rings. The van der Waals surface area contributed by atoms with E-state index >= 15 is 0 Å². The maximum Gasteiger partial charge on any atom is 0.0620 e. The van der Waals surface area contributed by atoms with E-state index in [1.165, 1.54) is 0 Å². The number of ether oxygens (including phenoxy) is 1. The van der Waals surface area contributed by atoms with Gasteiger partial charge in [-0.05, 0) is 27.2 Å². The summed E-state index contributed by atoms with van der Waals surface area (Å²) >= 11 is 0. The van der Waals surface area contributed by atoms with Gasteiger partial charge in [0.1, 0.15) is 0 Å². The Labute approximate surface area is 89.1 Å². The second-order valence-electron chi connectivity index (χ2n) is 4.68. The predicted octanol–water partition coefficient (Wildman–Crippen LogP) is 0.912. The fourth-order valence-electron chi connectivity index (χ4n) is 1.36. The zero-order valence-corrected chi connectivity index (χ0v) is 10.2. The van der Waals surface area contributed by atoms with Crippen molar-refractivity contribution < 1.29 is 8.95 Å². The van der Waals surface area contributed by atoms with Crippen LogP contribution in [0.3, 0.4) is 0 Å². The van der Waals surface area contributed by atoms with Gasteiger partial charge in [-0.15, -0.1) is 0 Å². The topological polar surface area (TPSA) is 38.3 Å². The predicted molar refractivity (Wildman–Crippen MR) is 60.0 cm³/mol. The van der Waals surface area contributed by atoms with Crippen molar-refractivity contribution in [1.29, 1.82) is 0 Å². The van der Waals surface area contributed by atoms with Gasteiger partial charge in [0.15, 0.2) is 0 Å². The van der Waals surface area contributed by atoms with Crippen molar-refractivity contribution in [2.24, 2.45) is 0 Å². The summed E-state index contributed by atoms with van der Waals surface area (Å²) in [6.45, 7) is 8.55. The molecule has 0 spiro atoms. The highest BCUT2D eigenvalue weighted by Crippen LogP contribution is 2.10. The van der Waals surface area contributed by atoms with Crippen molar-refractivity contribution in [3.05, 3.63) is 0 Å². The average Bonchev–Trinajstić information content (AvgIpc) is 2.55. The van der Waals surface area contributed by atoms with E-state index in [9.17, 15) is 4.21 Å². The molecule has 0 saturated carbocycles. The number of hydrogen-bond acceptors (Lipinski definition) is 3. The van der Waals surface area contributed by atoms with Gasteiger partial charge in [-0.3, -0.25) is 4.21 Å². The lowest BCUT2D eigenvalue weighted by Gasteiger charge is -2.18. The highest BCUT2D eigenvalue weighted by Gasteiger charge is 2.20. The molecule has 3 nitrogen and oxygen atoms in total. The Hall–Kier alpha value is 0.0700. The molecule has 0 amide bonds. The molecule has 0 aromatic heterocycles. The minimum atomic E-state index is -0.741. The van der Waals surface area contributed by atoms with E-state index in [4.69, 9.17) is 4.74 Å². The first-order valence-corrected chi connectivity index (χ1v) is 6.51. The molecule has 2 unspecified atom stereocenters. The van der Waals surface area contributed by atoms with Crippen molar-refractivity contribution in [2.45, 2.75) is 38.0 Å². The fraction of sp³-hybridized carbons (Fsp3) is 1.00. The first kappa shape index (κ1) is 12.1. The SMILES string of the molecule is CC(C)(C)S(=O)CCNC1CCOC1. The molecule has 2 atom stereocenters. The van der Waals surface area contributed by atoms with Crippen LogP contribution in [0.1, 0.15) is 27.2 Å². The lowest BCUT2D eigenvalue weighted by atomic mass is 10.3. The molecule has 0 aromatic rings. The van der Waals surface area contributed by atoms with E-state index < -0.39 is 10.8 Å². The standard InChI is InChI=1S/C10H21NO2S/c1-10(2,3)14(12)7-5-11-9-4-6-13-8-9/h9,11H,4-8H2,1-3H3. The molecular formula is C10H21NO2S. The normalized spacial score (nSPS) is 25.2. The Morgan fingerprint density at radius 2 is 2.21 bits per heavy atom. The second-order valence-corrected chi connectivity index (χ2v) is 7.00. The third-order valence-electron chi connectivity index (χ3n) is 2.33. The van der Waals surface area contributed by atoms with E-state index in [0.717, 1.165) is 31.9 Å². The molecule has 1 N–H and O–H groups in total. The summed E-state index contributed by atoms with van der Waals surface area (Å²) in [6.07, 6.45) is 1.09. The molecule has 1 rings (SSSR count). The highest BCUT2D eigenvalue weighted by molar-refractivity contribution is 7.86. The van der Waals surface area contributed by atoms with Crippen LogP contribution in [0.25, 0.3) is 0 Å². The first-order chi connectivity index (χ1) is 6.50. The van der Waals surface area contributed by atoms with E-state index in [1.807, 2.05) is 20.8 Å². The zero-order valence-electron chi connectivity index (χ0n) is 9.34. The molecule has 4 heteroatoms. The van der Waals surface area contributed by atoms with Crippen LogP contribution >= 0.6 is 0 Å². The minimum Gasteiger partial charge on any atom is -0.380 e. The van der Waals surface area contributed by atoms with Crippen LogP contribution in [-0.2, 0) is 15.5 Å². The molecule has 0 bridgehead atoms. The first-order valence-electron chi connectivity index (χ1n) is 5.20. The highest BCUT2D eigenvalue weighted by atomic mass is 32.2. The largest absolute Gasteiger partial charge is 0.380 e. The van der Waals surface area contributed by atoms with Crippen LogP contribution in [0.4, 0.5) is 0 Å². The van der Waals surface area contributed by atoms with Gasteiger partial charge >= 0.3 is 0 Å². The van der Waals surface area contributed by atoms with Crippen molar-refractivity contribution in [1.82, 2.24) is 5.32 Å². The Morgan fingerprint density at radius 3 is 2.71 bits per heavy atom. The Kier molecular flexibility index (Phi) is 4.54. The summed E-state index contributed by atoms with van der Waals surface area (Å²) in [6, 6.07) is 0.479. The van der Waals surface area contributed by atoms with Gasteiger partial charge in [0, 0.05) is 40.5 Å². The van der Waals surface area contributed by atoms with Gasteiger partial charge < -0.3 is 10.1 Å². The van der Waals surface area contributed by atoms with Gasteiger partial charge in [0.2, 0.25) is 0 Å². The number of hydrogen-bond donors (Lipinski definition) is 1. The lowest BCUT2D eigenvalue weighted by Crippen LogP contribution is -2.35. The van der Waals surface area contributed by atoms with Gasteiger partial charge in [0.05, 0.1) is 6.61 Å². The van der Waals surface area contributed by atoms with E-state index in [0.29, 0.717) is 6.04 Å². The van der Waals surface area contributed by atoms with Crippen LogP contribution in [0.2, 0.25) is 0 Å². The molecule has 14 heavy (non-hydrogen) atoms. The van der Waals surface area contributed by atoms with Gasteiger partial charge in [-0.25, -0.2) is 0 Å². The molecular weight excluding hydrogens is 198 g/mol. The maximum atomic E-state index is 11.7. The van der Waals surface area contributed by atoms with Gasteiger partial charge in [-0.2, -0.15) is 0 Å². The van der Waals surface area contributed by atoms with Gasteiger partial charge in [0.25, 0.3) is 0 Å². The van der Waals surface area contributed by atoms with E-state index in [-0.39, 0.29) is 4.75 Å². The van der Waals surface area contributed by atoms with Crippen molar-refractivity contribution in [3.8, 4) is 0 Å². The molecule has 84 valence electrons. The van der Waals surface area contributed by atoms with Crippen LogP contribution in [0, 0.1) is 0 Å². The molecule has 0 aliphatic carbocycles. The average molecular weight is 219 g/mol. The van der Waals surface area contributed by atoms with Crippen molar-refractivity contribution in [3.63, 3.8) is 0 Å². The third-order valence-corrected chi connectivity index (χ3v) is 4.27. The van der Waals surface area contributed by atoms with Gasteiger partial charge in [-0.1, -0.05) is 0 Å². The monoisotopic (exact) mass is 219 g/mol. The summed E-state index contributed by atoms with van der Waals surface area (Å²) in [4.78, 5) is 0. The van der Waals surface area contributed by atoms with Crippen LogP contribution < -0.4 is 5.32 Å². The quantitative estimate of drug-likeness (QED) is 0.764. The number of nitrogens with one attached hydrogen (secondary N) is 1. The zero-order chi connectivity index (χ0) is 10.6. The Bertz CT molecular complexity index is 195. The van der Waals surface area contributed by atoms with Crippen LogP contribution in [0.15, 0.2) is 0 Å². The summed E-state index contributed by atoms with van der Waals surface area (Å²) < 4.78 is 16.8. The summed E-state index contributed by atoms with van der Waals surface area (Å²) in [5.74, 6) is 0.736. The molecule has 0 aromatic carbocycles. The number of rotatable bonds is 4. The summed E-state index contributed by atoms with van der Waals surface area (Å²) in [5, 5.41) is 3.37. The lowest BCUT2D eigenvalue weighted by molar-refractivity contribution is 0.190. The van der Waals surface area contributed by atoms with Crippen LogP contribution in [0.5, 0.6) is 0 Å². The van der Waals surface area contributed by atoms with Crippen molar-refractivity contribution in [2.75, 3.05) is 25.5 Å². The van der Waals surface area contributed by atoms with E-state index in [1.54, 1.807) is 0 Å². The molecule has 1 aliphatic heterocycles. The second kappa shape index (κ2) is 5.24. The maximum absolute atomic E-state index is 11.7. The summed E-state index contributed by atoms with van der Waals surface area (Å²) in [5.41, 5.74) is 0. The van der Waals surface area contributed by atoms with E-state index in [2.05, 4.69) is 5.32 Å². The molecule has 1 aliphatic rings. The molecule has 0 radical (unpaired) electrons. The summed E-state index contributed by atoms with van der Waals surface area (Å²) in [7, 11) is -0.741. The van der Waals surface area contributed by atoms with Crippen LogP contribution in [-0.4, -0.2) is 40.5 Å². The minimum absolute atomic E-state index is 0.0894. The Balaban J connectivity index is 2.11. The van der Waals surface area contributed by atoms with Crippen molar-refractivity contribution >= 4 is 10.8 Å². The smallest absolute Gasteiger partial charge is 0.0620 e. The molecule has 1 heterocycles. The third kappa shape index (κ3) is 4.07. The fourth-order valence-corrected chi connectivity index (χ4v) is 2.27. The molecule has 1 saturated heterocycles. The Morgan fingerprint density at radius 1 is 1.50 bits per heavy atom.